The van der Waals surface area contributed by atoms with E-state index in [2.05, 4.69) is 32.7 Å². The lowest BCUT2D eigenvalue weighted by Crippen LogP contribution is -2.30. The summed E-state index contributed by atoms with van der Waals surface area (Å²) in [6.07, 6.45) is 9.54. The van der Waals surface area contributed by atoms with E-state index >= 15 is 0 Å². The van der Waals surface area contributed by atoms with Crippen LogP contribution in [0.3, 0.4) is 0 Å². The third-order valence-corrected chi connectivity index (χ3v) is 10.5. The molecule has 0 radical (unpaired) electrons. The van der Waals surface area contributed by atoms with Crippen molar-refractivity contribution in [2.45, 2.75) is 90.2 Å². The maximum absolute atomic E-state index is 13.7. The second kappa shape index (κ2) is 23.2. The lowest BCUT2D eigenvalue weighted by Gasteiger charge is -2.29. The minimum Gasteiger partial charge on any atom is -0.460 e. The molecule has 0 saturated carbocycles. The molecule has 0 bridgehead atoms. The number of benzene rings is 3. The number of esters is 1. The third kappa shape index (κ3) is 14.5. The molecular weight excluding hydrogens is 777 g/mol. The first-order chi connectivity index (χ1) is 29.6. The van der Waals surface area contributed by atoms with E-state index < -0.39 is 5.60 Å². The Morgan fingerprint density at radius 3 is 2.26 bits per heavy atom. The van der Waals surface area contributed by atoms with Crippen LogP contribution in [0.2, 0.25) is 0 Å². The van der Waals surface area contributed by atoms with Crippen molar-refractivity contribution in [1.82, 2.24) is 10.3 Å². The second-order valence-corrected chi connectivity index (χ2v) is 16.5. The van der Waals surface area contributed by atoms with Gasteiger partial charge in [-0.2, -0.15) is 0 Å². The highest BCUT2D eigenvalue weighted by Gasteiger charge is 2.25. The van der Waals surface area contributed by atoms with Crippen LogP contribution in [0.15, 0.2) is 77.3 Å². The largest absolute Gasteiger partial charge is 0.460 e. The van der Waals surface area contributed by atoms with Gasteiger partial charge in [-0.05, 0) is 119 Å². The van der Waals surface area contributed by atoms with Gasteiger partial charge >= 0.3 is 5.97 Å². The van der Waals surface area contributed by atoms with Crippen molar-refractivity contribution in [1.29, 1.82) is 0 Å². The quantitative estimate of drug-likeness (QED) is 0.0584. The number of amides is 2. The Morgan fingerprint density at radius 1 is 0.787 bits per heavy atom. The molecule has 0 spiro atoms. The standard InChI is InChI=1S/C48H62N4O9/c1-48(2,3)61-44(53)21-25-57-27-29-59-31-30-58-28-26-56-24-11-13-35-12-9-16-37(32-35)45(54)50-42-20-19-38(52-22-7-4-8-23-52)33-40(42)47-49-34-43(60-47)46(55)51-41-18-10-15-36-14-5-6-17-39(36)41/h5-6,9,12,14,16-17,19-20,32-34,41H,4,7-8,10-11,13,15,18,21-31H2,1-3H3,(H,50,54)(H,51,55)/t41-/m0/s1. The summed E-state index contributed by atoms with van der Waals surface area (Å²) in [7, 11) is 0. The molecule has 3 aromatic carbocycles. The van der Waals surface area contributed by atoms with Gasteiger partial charge in [-0.3, -0.25) is 14.4 Å². The number of aryl methyl sites for hydroxylation is 2. The van der Waals surface area contributed by atoms with Gasteiger partial charge in [-0.25, -0.2) is 4.98 Å². The van der Waals surface area contributed by atoms with E-state index in [-0.39, 0.29) is 41.9 Å². The summed E-state index contributed by atoms with van der Waals surface area (Å²) in [5.74, 6) is -0.447. The van der Waals surface area contributed by atoms with Crippen molar-refractivity contribution in [2.75, 3.05) is 76.2 Å². The minimum atomic E-state index is -0.492. The second-order valence-electron chi connectivity index (χ2n) is 16.5. The minimum absolute atomic E-state index is 0.0905. The SMILES string of the molecule is CC(C)(C)OC(=O)CCOCCOCCOCCOCCCc1cccc(C(=O)Nc2ccc(N3CCCCC3)cc2-c2ncc(C(=O)N[C@H]3CCCc4ccccc43)o2)c1. The molecule has 13 heteroatoms. The highest BCUT2D eigenvalue weighted by molar-refractivity contribution is 6.06. The molecule has 328 valence electrons. The fourth-order valence-electron chi connectivity index (χ4n) is 7.55. The van der Waals surface area contributed by atoms with Crippen molar-refractivity contribution in [3.63, 3.8) is 0 Å². The van der Waals surface area contributed by atoms with Gasteiger partial charge in [0.25, 0.3) is 11.8 Å². The number of hydrogen-bond donors (Lipinski definition) is 2. The normalized spacial score (nSPS) is 15.3. The van der Waals surface area contributed by atoms with Crippen LogP contribution >= 0.6 is 0 Å². The van der Waals surface area contributed by atoms with E-state index in [0.29, 0.717) is 69.7 Å². The summed E-state index contributed by atoms with van der Waals surface area (Å²) in [5.41, 5.74) is 5.67. The number of rotatable bonds is 22. The molecule has 13 nitrogen and oxygen atoms in total. The lowest BCUT2D eigenvalue weighted by molar-refractivity contribution is -0.156. The highest BCUT2D eigenvalue weighted by atomic mass is 16.6. The molecule has 1 aliphatic carbocycles. The molecule has 1 aliphatic heterocycles. The number of carbonyl (C=O) groups excluding carboxylic acids is 3. The molecule has 1 fully saturated rings. The molecule has 2 heterocycles. The van der Waals surface area contributed by atoms with E-state index in [1.165, 1.54) is 18.2 Å². The summed E-state index contributed by atoms with van der Waals surface area (Å²) in [4.78, 5) is 45.8. The number of anilines is 2. The highest BCUT2D eigenvalue weighted by Crippen LogP contribution is 2.34. The summed E-state index contributed by atoms with van der Waals surface area (Å²) in [6.45, 7) is 10.9. The fourth-order valence-corrected chi connectivity index (χ4v) is 7.55. The Balaban J connectivity index is 0.941. The molecule has 2 amide bonds. The van der Waals surface area contributed by atoms with Gasteiger partial charge < -0.3 is 43.6 Å². The van der Waals surface area contributed by atoms with Crippen LogP contribution in [0.1, 0.15) is 109 Å². The molecule has 4 aromatic rings. The van der Waals surface area contributed by atoms with Gasteiger partial charge in [0.2, 0.25) is 11.7 Å². The molecule has 1 aromatic heterocycles. The predicted molar refractivity (Wildman–Crippen MR) is 234 cm³/mol. The number of piperidine rings is 1. The Hall–Kier alpha value is -5.08. The van der Waals surface area contributed by atoms with Crippen LogP contribution < -0.4 is 15.5 Å². The van der Waals surface area contributed by atoms with Crippen molar-refractivity contribution < 1.29 is 42.5 Å². The van der Waals surface area contributed by atoms with Crippen molar-refractivity contribution in [3.05, 3.63) is 101 Å². The molecule has 1 saturated heterocycles. The predicted octanol–water partition coefficient (Wildman–Crippen LogP) is 8.12. The fraction of sp³-hybridized carbons (Fsp3) is 0.500. The Bertz CT molecular complexity index is 2020. The Labute approximate surface area is 359 Å². The van der Waals surface area contributed by atoms with E-state index in [9.17, 15) is 14.4 Å². The number of ether oxygens (including phenoxy) is 5. The smallest absolute Gasteiger partial charge is 0.308 e. The summed E-state index contributed by atoms with van der Waals surface area (Å²) >= 11 is 0. The average Bonchev–Trinajstić information content (AvgIpc) is 3.76. The molecule has 2 N–H and O–H groups in total. The number of oxazole rings is 1. The van der Waals surface area contributed by atoms with Crippen LogP contribution in [0.25, 0.3) is 11.5 Å². The number of aromatic nitrogens is 1. The number of hydrogen-bond acceptors (Lipinski definition) is 11. The number of carbonyl (C=O) groups is 3. The van der Waals surface area contributed by atoms with Gasteiger partial charge in [0.05, 0.1) is 76.2 Å². The van der Waals surface area contributed by atoms with Crippen LogP contribution in [-0.2, 0) is 41.3 Å². The van der Waals surface area contributed by atoms with Crippen LogP contribution in [0, 0.1) is 0 Å². The van der Waals surface area contributed by atoms with Gasteiger partial charge in [0.15, 0.2) is 0 Å². The summed E-state index contributed by atoms with van der Waals surface area (Å²) in [6, 6.07) is 21.7. The van der Waals surface area contributed by atoms with Crippen molar-refractivity contribution in [2.24, 2.45) is 0 Å². The van der Waals surface area contributed by atoms with Gasteiger partial charge in [0, 0.05) is 30.9 Å². The first kappa shape index (κ1) is 45.4. The topological polar surface area (TPSA) is 151 Å². The van der Waals surface area contributed by atoms with Crippen molar-refractivity contribution in [3.8, 4) is 11.5 Å². The third-order valence-electron chi connectivity index (χ3n) is 10.5. The van der Waals surface area contributed by atoms with Crippen LogP contribution in [0.4, 0.5) is 11.4 Å². The first-order valence-electron chi connectivity index (χ1n) is 21.8. The molecular formula is C48H62N4O9. The number of nitrogens with one attached hydrogen (secondary N) is 2. The van der Waals surface area contributed by atoms with Crippen LogP contribution in [0.5, 0.6) is 0 Å². The molecule has 1 atom stereocenters. The van der Waals surface area contributed by atoms with E-state index in [1.807, 2.05) is 69.3 Å². The first-order valence-corrected chi connectivity index (χ1v) is 21.8. The Morgan fingerprint density at radius 2 is 1.51 bits per heavy atom. The number of nitrogens with zero attached hydrogens (tertiary/aromatic N) is 2. The molecule has 6 rings (SSSR count). The lowest BCUT2D eigenvalue weighted by atomic mass is 9.88. The molecule has 2 aliphatic rings. The van der Waals surface area contributed by atoms with E-state index in [1.54, 1.807) is 6.07 Å². The average molecular weight is 839 g/mol. The molecule has 0 unspecified atom stereocenters. The summed E-state index contributed by atoms with van der Waals surface area (Å²) < 4.78 is 33.7. The summed E-state index contributed by atoms with van der Waals surface area (Å²) in [5, 5.41) is 6.26. The monoisotopic (exact) mass is 838 g/mol. The Kier molecular flexibility index (Phi) is 17.3. The van der Waals surface area contributed by atoms with E-state index in [0.717, 1.165) is 74.8 Å². The number of fused-ring (bicyclic) bond motifs is 1. The van der Waals surface area contributed by atoms with Gasteiger partial charge in [-0.1, -0.05) is 36.4 Å². The molecule has 61 heavy (non-hydrogen) atoms. The van der Waals surface area contributed by atoms with Crippen molar-refractivity contribution >= 4 is 29.2 Å². The van der Waals surface area contributed by atoms with Gasteiger partial charge in [-0.15, -0.1) is 0 Å². The zero-order valence-electron chi connectivity index (χ0n) is 36.0. The van der Waals surface area contributed by atoms with E-state index in [4.69, 9.17) is 28.1 Å². The zero-order valence-corrected chi connectivity index (χ0v) is 36.0. The van der Waals surface area contributed by atoms with Crippen LogP contribution in [-0.4, -0.2) is 94.3 Å². The zero-order chi connectivity index (χ0) is 42.9. The maximum atomic E-state index is 13.7. The van der Waals surface area contributed by atoms with Gasteiger partial charge in [0.1, 0.15) is 5.60 Å². The maximum Gasteiger partial charge on any atom is 0.308 e.